The van der Waals surface area contributed by atoms with E-state index < -0.39 is 5.97 Å². The Morgan fingerprint density at radius 2 is 1.72 bits per heavy atom. The van der Waals surface area contributed by atoms with Crippen LogP contribution in [0.3, 0.4) is 0 Å². The summed E-state index contributed by atoms with van der Waals surface area (Å²) in [6, 6.07) is 2.10. The molecule has 1 heterocycles. The highest BCUT2D eigenvalue weighted by Crippen LogP contribution is 2.31. The van der Waals surface area contributed by atoms with E-state index in [1.54, 1.807) is 0 Å². The molecule has 1 aliphatic heterocycles. The van der Waals surface area contributed by atoms with Gasteiger partial charge in [-0.1, -0.05) is 0 Å². The molecule has 0 bridgehead atoms. The fraction of sp³-hybridized carbons (Fsp3) is 0.929. The summed E-state index contributed by atoms with van der Waals surface area (Å²) in [7, 11) is 0. The zero-order valence-electron chi connectivity index (χ0n) is 11.0. The molecule has 0 aromatic rings. The van der Waals surface area contributed by atoms with E-state index in [-0.39, 0.29) is 5.92 Å². The summed E-state index contributed by atoms with van der Waals surface area (Å²) in [5, 5.41) is 12.7. The molecule has 0 aromatic carbocycles. The van der Waals surface area contributed by atoms with Gasteiger partial charge in [-0.05, 0) is 44.9 Å². The first-order chi connectivity index (χ1) is 8.72. The van der Waals surface area contributed by atoms with Crippen molar-refractivity contribution in [2.75, 3.05) is 13.1 Å². The molecular weight excluding hydrogens is 228 g/mol. The minimum Gasteiger partial charge on any atom is -0.481 e. The van der Waals surface area contributed by atoms with Gasteiger partial charge >= 0.3 is 5.97 Å². The van der Waals surface area contributed by atoms with Gasteiger partial charge in [-0.2, -0.15) is 0 Å². The third-order valence-corrected chi connectivity index (χ3v) is 4.83. The third kappa shape index (κ3) is 2.86. The summed E-state index contributed by atoms with van der Waals surface area (Å²) in [6.45, 7) is 2.47. The minimum absolute atomic E-state index is 0.0883. The van der Waals surface area contributed by atoms with Crippen molar-refractivity contribution in [3.63, 3.8) is 0 Å². The number of likely N-dealkylation sites (tertiary alicyclic amines) is 1. The Morgan fingerprint density at radius 3 is 2.33 bits per heavy atom. The van der Waals surface area contributed by atoms with E-state index in [9.17, 15) is 4.79 Å². The quantitative estimate of drug-likeness (QED) is 0.795. The monoisotopic (exact) mass is 252 g/mol. The lowest BCUT2D eigenvalue weighted by Gasteiger charge is -2.29. The molecule has 1 saturated heterocycles. The number of nitrogens with one attached hydrogen (secondary N) is 1. The molecular formula is C14H24N2O2. The molecule has 0 aromatic heterocycles. The number of carboxylic acid groups (broad SMARTS) is 1. The summed E-state index contributed by atoms with van der Waals surface area (Å²) >= 11 is 0. The Bertz CT molecular complexity index is 309. The number of hydrogen-bond acceptors (Lipinski definition) is 3. The third-order valence-electron chi connectivity index (χ3n) is 4.83. The molecule has 102 valence electrons. The average molecular weight is 252 g/mol. The fourth-order valence-corrected chi connectivity index (χ4v) is 3.54. The molecule has 0 spiro atoms. The van der Waals surface area contributed by atoms with Crippen molar-refractivity contribution in [1.29, 1.82) is 0 Å². The topological polar surface area (TPSA) is 52.6 Å². The van der Waals surface area contributed by atoms with Gasteiger partial charge in [0.05, 0.1) is 5.92 Å². The van der Waals surface area contributed by atoms with E-state index >= 15 is 0 Å². The highest BCUT2D eigenvalue weighted by Gasteiger charge is 2.35. The molecule has 0 radical (unpaired) electrons. The Kier molecular flexibility index (Phi) is 3.57. The van der Waals surface area contributed by atoms with E-state index in [0.717, 1.165) is 31.7 Å². The van der Waals surface area contributed by atoms with Crippen molar-refractivity contribution in [3.05, 3.63) is 0 Å². The molecule has 2 aliphatic carbocycles. The minimum atomic E-state index is -0.603. The summed E-state index contributed by atoms with van der Waals surface area (Å²) in [4.78, 5) is 13.5. The highest BCUT2D eigenvalue weighted by molar-refractivity contribution is 5.70. The summed E-state index contributed by atoms with van der Waals surface area (Å²) in [5.74, 6) is -0.691. The molecule has 3 aliphatic rings. The van der Waals surface area contributed by atoms with E-state index in [0.29, 0.717) is 12.1 Å². The first-order valence-electron chi connectivity index (χ1n) is 7.45. The van der Waals surface area contributed by atoms with Crippen LogP contribution >= 0.6 is 0 Å². The molecule has 1 atom stereocenters. The van der Waals surface area contributed by atoms with E-state index in [4.69, 9.17) is 5.11 Å². The predicted octanol–water partition coefficient (Wildman–Crippen LogP) is 1.46. The number of aliphatic carboxylic acids is 1. The van der Waals surface area contributed by atoms with Gasteiger partial charge in [0, 0.05) is 31.2 Å². The van der Waals surface area contributed by atoms with Crippen molar-refractivity contribution in [2.45, 2.75) is 63.1 Å². The van der Waals surface area contributed by atoms with E-state index in [1.165, 1.54) is 32.4 Å². The molecule has 4 nitrogen and oxygen atoms in total. The Balaban J connectivity index is 1.40. The van der Waals surface area contributed by atoms with E-state index in [1.807, 2.05) is 0 Å². The van der Waals surface area contributed by atoms with Gasteiger partial charge in [-0.15, -0.1) is 0 Å². The first kappa shape index (κ1) is 12.4. The van der Waals surface area contributed by atoms with Crippen LogP contribution in [0.15, 0.2) is 0 Å². The predicted molar refractivity (Wildman–Crippen MR) is 69.5 cm³/mol. The van der Waals surface area contributed by atoms with Crippen molar-refractivity contribution in [3.8, 4) is 0 Å². The zero-order chi connectivity index (χ0) is 12.5. The van der Waals surface area contributed by atoms with Crippen LogP contribution in [-0.4, -0.2) is 47.2 Å². The van der Waals surface area contributed by atoms with Crippen molar-refractivity contribution >= 4 is 5.97 Å². The SMILES string of the molecule is O=C(O)C1CCC(NC2CCN(C3CC3)C2)CC1. The Labute approximate surface area is 109 Å². The second-order valence-corrected chi connectivity index (χ2v) is 6.27. The molecule has 0 amide bonds. The number of carbonyl (C=O) groups is 1. The second kappa shape index (κ2) is 5.17. The molecule has 2 saturated carbocycles. The van der Waals surface area contributed by atoms with Gasteiger partial charge in [-0.3, -0.25) is 9.69 Å². The fourth-order valence-electron chi connectivity index (χ4n) is 3.54. The van der Waals surface area contributed by atoms with Crippen LogP contribution in [0, 0.1) is 5.92 Å². The molecule has 3 rings (SSSR count). The zero-order valence-corrected chi connectivity index (χ0v) is 11.0. The van der Waals surface area contributed by atoms with Gasteiger partial charge in [0.1, 0.15) is 0 Å². The maximum absolute atomic E-state index is 10.9. The van der Waals surface area contributed by atoms with Crippen molar-refractivity contribution in [2.24, 2.45) is 5.92 Å². The lowest BCUT2D eigenvalue weighted by Crippen LogP contribution is -2.42. The largest absolute Gasteiger partial charge is 0.481 e. The second-order valence-electron chi connectivity index (χ2n) is 6.27. The Morgan fingerprint density at radius 1 is 1.00 bits per heavy atom. The summed E-state index contributed by atoms with van der Waals surface area (Å²) in [6.07, 6.45) is 7.86. The van der Waals surface area contributed by atoms with Gasteiger partial charge in [0.25, 0.3) is 0 Å². The number of rotatable bonds is 4. The number of hydrogen-bond donors (Lipinski definition) is 2. The normalized spacial score (nSPS) is 37.9. The Hall–Kier alpha value is -0.610. The van der Waals surface area contributed by atoms with Gasteiger partial charge in [0.15, 0.2) is 0 Å². The molecule has 18 heavy (non-hydrogen) atoms. The standard InChI is InChI=1S/C14H24N2O2/c17-14(18)10-1-3-11(4-2-10)15-12-7-8-16(9-12)13-5-6-13/h10-13,15H,1-9H2,(H,17,18). The maximum atomic E-state index is 10.9. The molecule has 4 heteroatoms. The summed E-state index contributed by atoms with van der Waals surface area (Å²) in [5.41, 5.74) is 0. The molecule has 3 fully saturated rings. The lowest BCUT2D eigenvalue weighted by molar-refractivity contribution is -0.142. The van der Waals surface area contributed by atoms with Gasteiger partial charge < -0.3 is 10.4 Å². The average Bonchev–Trinajstić information content (AvgIpc) is 3.11. The number of nitrogens with zero attached hydrogens (tertiary/aromatic N) is 1. The molecule has 1 unspecified atom stereocenters. The summed E-state index contributed by atoms with van der Waals surface area (Å²) < 4.78 is 0. The van der Waals surface area contributed by atoms with Crippen LogP contribution in [-0.2, 0) is 4.79 Å². The van der Waals surface area contributed by atoms with Crippen LogP contribution in [0.4, 0.5) is 0 Å². The maximum Gasteiger partial charge on any atom is 0.306 e. The smallest absolute Gasteiger partial charge is 0.306 e. The number of carboxylic acids is 1. The van der Waals surface area contributed by atoms with Crippen LogP contribution in [0.25, 0.3) is 0 Å². The van der Waals surface area contributed by atoms with Gasteiger partial charge in [-0.25, -0.2) is 0 Å². The van der Waals surface area contributed by atoms with Gasteiger partial charge in [0.2, 0.25) is 0 Å². The van der Waals surface area contributed by atoms with Crippen LogP contribution in [0.5, 0.6) is 0 Å². The first-order valence-corrected chi connectivity index (χ1v) is 7.45. The van der Waals surface area contributed by atoms with Crippen molar-refractivity contribution in [1.82, 2.24) is 10.2 Å². The molecule has 2 N–H and O–H groups in total. The van der Waals surface area contributed by atoms with Crippen molar-refractivity contribution < 1.29 is 9.90 Å². The van der Waals surface area contributed by atoms with Crippen LogP contribution < -0.4 is 5.32 Å². The highest BCUT2D eigenvalue weighted by atomic mass is 16.4. The van der Waals surface area contributed by atoms with Crippen LogP contribution in [0.1, 0.15) is 44.9 Å². The van der Waals surface area contributed by atoms with Crippen LogP contribution in [0.2, 0.25) is 0 Å². The van der Waals surface area contributed by atoms with E-state index in [2.05, 4.69) is 10.2 Å². The lowest BCUT2D eigenvalue weighted by atomic mass is 9.86.